The highest BCUT2D eigenvalue weighted by molar-refractivity contribution is 5.87. The van der Waals surface area contributed by atoms with E-state index >= 15 is 0 Å². The van der Waals surface area contributed by atoms with Crippen molar-refractivity contribution in [1.29, 1.82) is 5.26 Å². The van der Waals surface area contributed by atoms with Crippen LogP contribution in [0.1, 0.15) is 32.4 Å². The van der Waals surface area contributed by atoms with Crippen molar-refractivity contribution in [2.75, 3.05) is 6.61 Å². The van der Waals surface area contributed by atoms with Gasteiger partial charge >= 0.3 is 0 Å². The maximum atomic E-state index is 11.8. The summed E-state index contributed by atoms with van der Waals surface area (Å²) in [6.45, 7) is 3.89. The molecule has 1 amide bonds. The van der Waals surface area contributed by atoms with E-state index in [9.17, 15) is 4.79 Å². The van der Waals surface area contributed by atoms with E-state index in [1.165, 1.54) is 0 Å². The molecule has 1 heterocycles. The predicted octanol–water partition coefficient (Wildman–Crippen LogP) is 2.99. The van der Waals surface area contributed by atoms with Crippen LogP contribution in [0.15, 0.2) is 28.7 Å². The van der Waals surface area contributed by atoms with Gasteiger partial charge in [0.05, 0.1) is 5.39 Å². The third-order valence-corrected chi connectivity index (χ3v) is 3.13. The monoisotopic (exact) mass is 286 g/mol. The molecule has 0 spiro atoms. The largest absolute Gasteiger partial charge is 0.478 e. The maximum absolute atomic E-state index is 11.8. The summed E-state index contributed by atoms with van der Waals surface area (Å²) in [5.74, 6) is 0.210. The Kier molecular flexibility index (Phi) is 4.83. The van der Waals surface area contributed by atoms with Crippen molar-refractivity contribution in [2.24, 2.45) is 0 Å². The van der Waals surface area contributed by atoms with E-state index < -0.39 is 0 Å². The molecule has 0 fully saturated rings. The Balaban J connectivity index is 2.06. The molecule has 0 saturated carbocycles. The molecule has 0 bridgehead atoms. The van der Waals surface area contributed by atoms with Gasteiger partial charge in [-0.1, -0.05) is 25.5 Å². The number of benzene rings is 1. The highest BCUT2D eigenvalue weighted by Gasteiger charge is 2.16. The van der Waals surface area contributed by atoms with Crippen LogP contribution in [-0.4, -0.2) is 18.6 Å². The number of fused-ring (bicyclic) bond motifs is 1. The van der Waals surface area contributed by atoms with Crippen LogP contribution in [0.3, 0.4) is 0 Å². The van der Waals surface area contributed by atoms with E-state index in [2.05, 4.69) is 12.2 Å². The van der Waals surface area contributed by atoms with E-state index in [0.29, 0.717) is 16.7 Å². The Morgan fingerprint density at radius 3 is 2.95 bits per heavy atom. The number of hydrogen-bond acceptors (Lipinski definition) is 4. The van der Waals surface area contributed by atoms with Crippen LogP contribution >= 0.6 is 0 Å². The van der Waals surface area contributed by atoms with Gasteiger partial charge in [0, 0.05) is 6.04 Å². The Hall–Kier alpha value is -2.48. The third-order valence-electron chi connectivity index (χ3n) is 3.13. The summed E-state index contributed by atoms with van der Waals surface area (Å²) in [4.78, 5) is 11.8. The van der Waals surface area contributed by atoms with Gasteiger partial charge in [0.15, 0.2) is 12.4 Å². The number of amides is 1. The van der Waals surface area contributed by atoms with Crippen molar-refractivity contribution >= 4 is 16.9 Å². The SMILES string of the molecule is CCCC(C)NC(=O)COc1c(C#N)oc2ccccc12. The molecule has 0 saturated heterocycles. The number of hydrogen-bond donors (Lipinski definition) is 1. The van der Waals surface area contributed by atoms with Crippen molar-refractivity contribution in [1.82, 2.24) is 5.32 Å². The number of carbonyl (C=O) groups excluding carboxylic acids is 1. The first kappa shape index (κ1) is 14.9. The first-order valence-corrected chi connectivity index (χ1v) is 6.99. The predicted molar refractivity (Wildman–Crippen MR) is 78.9 cm³/mol. The normalized spacial score (nSPS) is 11.9. The molecule has 5 heteroatoms. The summed E-state index contributed by atoms with van der Waals surface area (Å²) in [5.41, 5.74) is 0.573. The minimum Gasteiger partial charge on any atom is -0.478 e. The molecule has 0 aliphatic rings. The van der Waals surface area contributed by atoms with Gasteiger partial charge in [-0.25, -0.2) is 0 Å². The van der Waals surface area contributed by atoms with Crippen LogP contribution in [-0.2, 0) is 4.79 Å². The lowest BCUT2D eigenvalue weighted by Crippen LogP contribution is -2.35. The Bertz CT molecular complexity index is 670. The lowest BCUT2D eigenvalue weighted by atomic mass is 10.2. The van der Waals surface area contributed by atoms with Crippen LogP contribution < -0.4 is 10.1 Å². The van der Waals surface area contributed by atoms with E-state index in [1.54, 1.807) is 12.1 Å². The summed E-state index contributed by atoms with van der Waals surface area (Å²) in [6.07, 6.45) is 1.93. The minimum atomic E-state index is -0.204. The van der Waals surface area contributed by atoms with Crippen LogP contribution in [0.2, 0.25) is 0 Å². The van der Waals surface area contributed by atoms with Crippen LogP contribution in [0, 0.1) is 11.3 Å². The number of carbonyl (C=O) groups is 1. The number of rotatable bonds is 6. The van der Waals surface area contributed by atoms with E-state index in [0.717, 1.165) is 12.8 Å². The van der Waals surface area contributed by atoms with Crippen molar-refractivity contribution < 1.29 is 13.9 Å². The summed E-state index contributed by atoms with van der Waals surface area (Å²) in [5, 5.41) is 12.6. The Morgan fingerprint density at radius 2 is 2.24 bits per heavy atom. The fourth-order valence-electron chi connectivity index (χ4n) is 2.20. The molecular formula is C16H18N2O3. The molecule has 1 aromatic carbocycles. The van der Waals surface area contributed by atoms with Gasteiger partial charge < -0.3 is 14.5 Å². The molecule has 1 N–H and O–H groups in total. The van der Waals surface area contributed by atoms with Gasteiger partial charge in [0.25, 0.3) is 5.91 Å². The molecule has 1 aromatic heterocycles. The second-order valence-electron chi connectivity index (χ2n) is 4.91. The van der Waals surface area contributed by atoms with E-state index in [1.807, 2.05) is 25.1 Å². The summed E-state index contributed by atoms with van der Waals surface area (Å²) in [7, 11) is 0. The van der Waals surface area contributed by atoms with Gasteiger partial charge in [-0.3, -0.25) is 4.79 Å². The molecule has 110 valence electrons. The number of nitrogens with zero attached hydrogens (tertiary/aromatic N) is 1. The molecule has 1 unspecified atom stereocenters. The first-order chi connectivity index (χ1) is 10.2. The second kappa shape index (κ2) is 6.80. The molecule has 0 aliphatic heterocycles. The molecule has 21 heavy (non-hydrogen) atoms. The fraction of sp³-hybridized carbons (Fsp3) is 0.375. The smallest absolute Gasteiger partial charge is 0.258 e. The van der Waals surface area contributed by atoms with Gasteiger partial charge in [-0.15, -0.1) is 0 Å². The van der Waals surface area contributed by atoms with Crippen molar-refractivity contribution in [2.45, 2.75) is 32.7 Å². The minimum absolute atomic E-state index is 0.0885. The molecule has 1 atom stereocenters. The second-order valence-corrected chi connectivity index (χ2v) is 4.91. The van der Waals surface area contributed by atoms with E-state index in [4.69, 9.17) is 14.4 Å². The molecule has 0 radical (unpaired) electrons. The summed E-state index contributed by atoms with van der Waals surface area (Å²) in [6, 6.07) is 9.26. The number of para-hydroxylation sites is 1. The lowest BCUT2D eigenvalue weighted by Gasteiger charge is -2.12. The Labute approximate surface area is 123 Å². The fourth-order valence-corrected chi connectivity index (χ4v) is 2.20. The zero-order valence-electron chi connectivity index (χ0n) is 12.2. The third kappa shape index (κ3) is 3.54. The Morgan fingerprint density at radius 1 is 1.48 bits per heavy atom. The molecule has 2 aromatic rings. The lowest BCUT2D eigenvalue weighted by molar-refractivity contribution is -0.123. The highest BCUT2D eigenvalue weighted by atomic mass is 16.5. The average Bonchev–Trinajstić information content (AvgIpc) is 2.83. The number of nitriles is 1. The van der Waals surface area contributed by atoms with Gasteiger partial charge in [-0.05, 0) is 25.5 Å². The zero-order valence-corrected chi connectivity index (χ0v) is 12.2. The molecule has 0 aliphatic carbocycles. The quantitative estimate of drug-likeness (QED) is 0.885. The van der Waals surface area contributed by atoms with Gasteiger partial charge in [-0.2, -0.15) is 5.26 Å². The van der Waals surface area contributed by atoms with Gasteiger partial charge in [0.2, 0.25) is 5.76 Å². The topological polar surface area (TPSA) is 75.3 Å². The van der Waals surface area contributed by atoms with Crippen LogP contribution in [0.5, 0.6) is 5.75 Å². The molecular weight excluding hydrogens is 268 g/mol. The standard InChI is InChI=1S/C16H18N2O3/c1-3-6-11(2)18-15(19)10-20-16-12-7-4-5-8-13(12)21-14(16)9-17/h4-5,7-8,11H,3,6,10H2,1-2H3,(H,18,19). The highest BCUT2D eigenvalue weighted by Crippen LogP contribution is 2.32. The zero-order chi connectivity index (χ0) is 15.2. The van der Waals surface area contributed by atoms with Crippen molar-refractivity contribution in [3.05, 3.63) is 30.0 Å². The first-order valence-electron chi connectivity index (χ1n) is 6.99. The van der Waals surface area contributed by atoms with Crippen LogP contribution in [0.25, 0.3) is 11.0 Å². The number of ether oxygens (including phenoxy) is 1. The number of nitrogens with one attached hydrogen (secondary N) is 1. The molecule has 5 nitrogen and oxygen atoms in total. The summed E-state index contributed by atoms with van der Waals surface area (Å²) < 4.78 is 10.9. The summed E-state index contributed by atoms with van der Waals surface area (Å²) >= 11 is 0. The van der Waals surface area contributed by atoms with E-state index in [-0.39, 0.29) is 24.3 Å². The van der Waals surface area contributed by atoms with Crippen molar-refractivity contribution in [3.63, 3.8) is 0 Å². The molecule has 2 rings (SSSR count). The maximum Gasteiger partial charge on any atom is 0.258 e. The number of furan rings is 1. The average molecular weight is 286 g/mol. The van der Waals surface area contributed by atoms with Gasteiger partial charge in [0.1, 0.15) is 11.7 Å². The van der Waals surface area contributed by atoms with Crippen molar-refractivity contribution in [3.8, 4) is 11.8 Å². The van der Waals surface area contributed by atoms with Crippen LogP contribution in [0.4, 0.5) is 0 Å².